The number of hydrogen-bond acceptors (Lipinski definition) is 2. The SMILES string of the molecule is Cc1ccn(-c2ccc(I)cc2N)n1. The van der Waals surface area contributed by atoms with Crippen LogP contribution in [0, 0.1) is 10.5 Å². The molecule has 14 heavy (non-hydrogen) atoms. The van der Waals surface area contributed by atoms with E-state index in [4.69, 9.17) is 5.73 Å². The fourth-order valence-corrected chi connectivity index (χ4v) is 1.80. The van der Waals surface area contributed by atoms with Crippen molar-refractivity contribution < 1.29 is 0 Å². The Morgan fingerprint density at radius 1 is 1.36 bits per heavy atom. The minimum absolute atomic E-state index is 0.750. The number of nitrogens with two attached hydrogens (primary N) is 1. The minimum Gasteiger partial charge on any atom is -0.397 e. The molecule has 1 heterocycles. The van der Waals surface area contributed by atoms with Gasteiger partial charge in [0.15, 0.2) is 0 Å². The van der Waals surface area contributed by atoms with Gasteiger partial charge in [-0.3, -0.25) is 0 Å². The van der Waals surface area contributed by atoms with E-state index in [-0.39, 0.29) is 0 Å². The number of rotatable bonds is 1. The third-order valence-corrected chi connectivity index (χ3v) is 2.63. The molecule has 2 aromatic rings. The molecule has 0 atom stereocenters. The minimum atomic E-state index is 0.750. The molecule has 1 aromatic carbocycles. The molecule has 0 radical (unpaired) electrons. The van der Waals surface area contributed by atoms with Gasteiger partial charge in [-0.25, -0.2) is 4.68 Å². The first-order valence-electron chi connectivity index (χ1n) is 4.24. The number of anilines is 1. The van der Waals surface area contributed by atoms with E-state index in [1.165, 1.54) is 0 Å². The van der Waals surface area contributed by atoms with Crippen molar-refractivity contribution in [2.75, 3.05) is 5.73 Å². The molecule has 0 fully saturated rings. The molecule has 0 unspecified atom stereocenters. The Bertz CT molecular complexity index is 462. The van der Waals surface area contributed by atoms with Gasteiger partial charge in [-0.05, 0) is 53.8 Å². The van der Waals surface area contributed by atoms with E-state index in [0.717, 1.165) is 20.6 Å². The molecular weight excluding hydrogens is 289 g/mol. The van der Waals surface area contributed by atoms with Crippen LogP contribution in [0.3, 0.4) is 0 Å². The van der Waals surface area contributed by atoms with Crippen molar-refractivity contribution in [2.24, 2.45) is 0 Å². The monoisotopic (exact) mass is 299 g/mol. The van der Waals surface area contributed by atoms with Crippen LogP contribution < -0.4 is 5.73 Å². The van der Waals surface area contributed by atoms with Crippen LogP contribution >= 0.6 is 22.6 Å². The van der Waals surface area contributed by atoms with Crippen molar-refractivity contribution >= 4 is 28.3 Å². The first-order chi connectivity index (χ1) is 6.66. The van der Waals surface area contributed by atoms with Crippen molar-refractivity contribution in [1.29, 1.82) is 0 Å². The van der Waals surface area contributed by atoms with Crippen LogP contribution in [0.25, 0.3) is 5.69 Å². The van der Waals surface area contributed by atoms with Gasteiger partial charge in [0.05, 0.1) is 17.1 Å². The topological polar surface area (TPSA) is 43.8 Å². The van der Waals surface area contributed by atoms with Crippen molar-refractivity contribution in [1.82, 2.24) is 9.78 Å². The molecule has 0 spiro atoms. The van der Waals surface area contributed by atoms with Gasteiger partial charge in [0, 0.05) is 9.77 Å². The molecule has 0 saturated carbocycles. The molecule has 0 bridgehead atoms. The summed E-state index contributed by atoms with van der Waals surface area (Å²) in [7, 11) is 0. The number of halogens is 1. The number of nitrogen functional groups attached to an aromatic ring is 1. The van der Waals surface area contributed by atoms with Crippen molar-refractivity contribution in [3.8, 4) is 5.69 Å². The van der Waals surface area contributed by atoms with Gasteiger partial charge in [-0.15, -0.1) is 0 Å². The zero-order valence-electron chi connectivity index (χ0n) is 7.74. The highest BCUT2D eigenvalue weighted by molar-refractivity contribution is 14.1. The summed E-state index contributed by atoms with van der Waals surface area (Å²) in [5.74, 6) is 0. The standard InChI is InChI=1S/C10H10IN3/c1-7-4-5-14(13-7)10-3-2-8(11)6-9(10)12/h2-6H,12H2,1H3. The number of nitrogens with zero attached hydrogens (tertiary/aromatic N) is 2. The molecular formula is C10H10IN3. The van der Waals surface area contributed by atoms with Crippen LogP contribution in [0.15, 0.2) is 30.5 Å². The van der Waals surface area contributed by atoms with Gasteiger partial charge in [0.25, 0.3) is 0 Å². The normalized spacial score (nSPS) is 10.4. The number of aryl methyl sites for hydroxylation is 1. The van der Waals surface area contributed by atoms with Crippen molar-refractivity contribution in [2.45, 2.75) is 6.92 Å². The average Bonchev–Trinajstić information content (AvgIpc) is 2.51. The highest BCUT2D eigenvalue weighted by Gasteiger charge is 2.02. The lowest BCUT2D eigenvalue weighted by Crippen LogP contribution is -2.00. The van der Waals surface area contributed by atoms with Gasteiger partial charge in [0.1, 0.15) is 0 Å². The molecule has 1 aromatic heterocycles. The second kappa shape index (κ2) is 3.61. The van der Waals surface area contributed by atoms with Crippen LogP contribution in [0.5, 0.6) is 0 Å². The lowest BCUT2D eigenvalue weighted by atomic mass is 10.3. The fourth-order valence-electron chi connectivity index (χ4n) is 1.28. The maximum atomic E-state index is 5.90. The number of aromatic nitrogens is 2. The molecule has 2 rings (SSSR count). The largest absolute Gasteiger partial charge is 0.397 e. The number of hydrogen-bond donors (Lipinski definition) is 1. The summed E-state index contributed by atoms with van der Waals surface area (Å²) in [5.41, 5.74) is 8.57. The third kappa shape index (κ3) is 1.75. The van der Waals surface area contributed by atoms with Gasteiger partial charge in [-0.1, -0.05) is 0 Å². The molecule has 3 nitrogen and oxygen atoms in total. The highest BCUT2D eigenvalue weighted by atomic mass is 127. The maximum Gasteiger partial charge on any atom is 0.0875 e. The van der Waals surface area contributed by atoms with E-state index < -0.39 is 0 Å². The van der Waals surface area contributed by atoms with Gasteiger partial charge in [0.2, 0.25) is 0 Å². The first-order valence-corrected chi connectivity index (χ1v) is 5.32. The van der Waals surface area contributed by atoms with Crippen molar-refractivity contribution in [3.05, 3.63) is 39.7 Å². The van der Waals surface area contributed by atoms with E-state index in [9.17, 15) is 0 Å². The Hall–Kier alpha value is -1.04. The lowest BCUT2D eigenvalue weighted by molar-refractivity contribution is 0.864. The Morgan fingerprint density at radius 3 is 2.71 bits per heavy atom. The molecule has 0 aliphatic carbocycles. The van der Waals surface area contributed by atoms with E-state index in [1.54, 1.807) is 4.68 Å². The van der Waals surface area contributed by atoms with Crippen LogP contribution in [-0.2, 0) is 0 Å². The predicted molar refractivity (Wildman–Crippen MR) is 65.4 cm³/mol. The lowest BCUT2D eigenvalue weighted by Gasteiger charge is -2.05. The third-order valence-electron chi connectivity index (χ3n) is 1.96. The first kappa shape index (κ1) is 9.51. The molecule has 4 heteroatoms. The van der Waals surface area contributed by atoms with Gasteiger partial charge < -0.3 is 5.73 Å². The van der Waals surface area contributed by atoms with E-state index >= 15 is 0 Å². The second-order valence-corrected chi connectivity index (χ2v) is 4.35. The summed E-state index contributed by atoms with van der Waals surface area (Å²) in [6.07, 6.45) is 1.91. The fraction of sp³-hybridized carbons (Fsp3) is 0.100. The molecule has 0 aliphatic rings. The summed E-state index contributed by atoms with van der Waals surface area (Å²) in [6, 6.07) is 7.89. The molecule has 2 N–H and O–H groups in total. The Labute approximate surface area is 96.1 Å². The predicted octanol–water partition coefficient (Wildman–Crippen LogP) is 2.37. The molecule has 0 amide bonds. The van der Waals surface area contributed by atoms with E-state index in [0.29, 0.717) is 0 Å². The second-order valence-electron chi connectivity index (χ2n) is 3.10. The maximum absolute atomic E-state index is 5.90. The summed E-state index contributed by atoms with van der Waals surface area (Å²) < 4.78 is 2.92. The molecule has 72 valence electrons. The van der Waals surface area contributed by atoms with Crippen LogP contribution in [-0.4, -0.2) is 9.78 Å². The molecule has 0 aliphatic heterocycles. The Kier molecular flexibility index (Phi) is 2.45. The molecule has 0 saturated heterocycles. The smallest absolute Gasteiger partial charge is 0.0875 e. The quantitative estimate of drug-likeness (QED) is 0.649. The van der Waals surface area contributed by atoms with Crippen LogP contribution in [0.2, 0.25) is 0 Å². The van der Waals surface area contributed by atoms with Crippen molar-refractivity contribution in [3.63, 3.8) is 0 Å². The van der Waals surface area contributed by atoms with Gasteiger partial charge in [-0.2, -0.15) is 5.10 Å². The average molecular weight is 299 g/mol. The van der Waals surface area contributed by atoms with Gasteiger partial charge >= 0.3 is 0 Å². The summed E-state index contributed by atoms with van der Waals surface area (Å²) in [6.45, 7) is 1.96. The van der Waals surface area contributed by atoms with E-state index in [1.807, 2.05) is 37.4 Å². The number of benzene rings is 1. The zero-order valence-corrected chi connectivity index (χ0v) is 9.89. The summed E-state index contributed by atoms with van der Waals surface area (Å²) in [4.78, 5) is 0. The summed E-state index contributed by atoms with van der Waals surface area (Å²) in [5, 5.41) is 4.31. The summed E-state index contributed by atoms with van der Waals surface area (Å²) >= 11 is 2.24. The Balaban J connectivity index is 2.52. The Morgan fingerprint density at radius 2 is 2.14 bits per heavy atom. The van der Waals surface area contributed by atoms with Crippen LogP contribution in [0.4, 0.5) is 5.69 Å². The van der Waals surface area contributed by atoms with Crippen LogP contribution in [0.1, 0.15) is 5.69 Å². The zero-order chi connectivity index (χ0) is 10.1. The van der Waals surface area contributed by atoms with E-state index in [2.05, 4.69) is 27.7 Å². The highest BCUT2D eigenvalue weighted by Crippen LogP contribution is 2.19.